The lowest BCUT2D eigenvalue weighted by atomic mass is 10.1. The van der Waals surface area contributed by atoms with Gasteiger partial charge in [-0.1, -0.05) is 6.07 Å². The van der Waals surface area contributed by atoms with Gasteiger partial charge in [0, 0.05) is 31.1 Å². The van der Waals surface area contributed by atoms with Gasteiger partial charge >= 0.3 is 6.18 Å². The average Bonchev–Trinajstić information content (AvgIpc) is 3.26. The minimum absolute atomic E-state index is 0.156. The van der Waals surface area contributed by atoms with Crippen molar-refractivity contribution in [3.63, 3.8) is 0 Å². The Balaban J connectivity index is 1.56. The minimum Gasteiger partial charge on any atom is -0.357 e. The van der Waals surface area contributed by atoms with Crippen LogP contribution in [0.5, 0.6) is 0 Å². The van der Waals surface area contributed by atoms with Crippen molar-refractivity contribution in [1.82, 2.24) is 24.3 Å². The number of anilines is 1. The van der Waals surface area contributed by atoms with Gasteiger partial charge in [-0.15, -0.1) is 0 Å². The van der Waals surface area contributed by atoms with Crippen LogP contribution in [0.15, 0.2) is 77.9 Å². The van der Waals surface area contributed by atoms with Gasteiger partial charge in [-0.05, 0) is 48.5 Å². The van der Waals surface area contributed by atoms with Crippen LogP contribution in [0.1, 0.15) is 11.3 Å². The Morgan fingerprint density at radius 1 is 1.03 bits per heavy atom. The van der Waals surface area contributed by atoms with Gasteiger partial charge in [0.2, 0.25) is 5.95 Å². The Labute approximate surface area is 201 Å². The zero-order valence-corrected chi connectivity index (χ0v) is 18.8. The molecular formula is C25H18F4N6O. The molecule has 0 radical (unpaired) electrons. The first-order chi connectivity index (χ1) is 17.2. The SMILES string of the molecule is CNc1nccc(Cn2ccc(-c3nn(-c4ccc(C(F)(F)F)cc4)c4cccc(F)c34)cc2=O)n1. The van der Waals surface area contributed by atoms with E-state index in [1.54, 1.807) is 37.6 Å². The van der Waals surface area contributed by atoms with Gasteiger partial charge in [0.1, 0.15) is 11.5 Å². The molecule has 0 aliphatic rings. The van der Waals surface area contributed by atoms with Gasteiger partial charge in [0.15, 0.2) is 0 Å². The Kier molecular flexibility index (Phi) is 5.75. The molecule has 0 saturated carbocycles. The molecule has 0 fully saturated rings. The quantitative estimate of drug-likeness (QED) is 0.352. The van der Waals surface area contributed by atoms with E-state index < -0.39 is 17.6 Å². The van der Waals surface area contributed by atoms with Crippen LogP contribution in [0.4, 0.5) is 23.5 Å². The standard InChI is InChI=1S/C25H18F4N6O/c1-30-24-31-11-9-17(32-24)14-34-12-10-15(13-21(34)36)23-22-19(26)3-2-4-20(22)35(33-23)18-7-5-16(6-8-18)25(27,28)29/h2-13H,14H2,1H3,(H,30,31,32). The Hall–Kier alpha value is -4.54. The summed E-state index contributed by atoms with van der Waals surface area (Å²) in [5.41, 5.74) is 0.709. The minimum atomic E-state index is -4.48. The molecular weight excluding hydrogens is 476 g/mol. The van der Waals surface area contributed by atoms with E-state index in [0.717, 1.165) is 12.1 Å². The fourth-order valence-electron chi connectivity index (χ4n) is 3.88. The van der Waals surface area contributed by atoms with Gasteiger partial charge in [-0.2, -0.15) is 18.3 Å². The number of alkyl halides is 3. The second-order valence-corrected chi connectivity index (χ2v) is 7.94. The van der Waals surface area contributed by atoms with Crippen LogP contribution in [0.2, 0.25) is 0 Å². The zero-order chi connectivity index (χ0) is 25.4. The van der Waals surface area contributed by atoms with Crippen LogP contribution in [0.25, 0.3) is 27.8 Å². The molecule has 11 heteroatoms. The summed E-state index contributed by atoms with van der Waals surface area (Å²) in [5, 5.41) is 7.47. The summed E-state index contributed by atoms with van der Waals surface area (Å²) in [6.07, 6.45) is -1.34. The van der Waals surface area contributed by atoms with Crippen molar-refractivity contribution in [2.24, 2.45) is 0 Å². The number of aromatic nitrogens is 5. The third-order valence-electron chi connectivity index (χ3n) is 5.63. The summed E-state index contributed by atoms with van der Waals surface area (Å²) >= 11 is 0. The van der Waals surface area contributed by atoms with Crippen molar-refractivity contribution < 1.29 is 17.6 Å². The van der Waals surface area contributed by atoms with Crippen molar-refractivity contribution in [2.75, 3.05) is 12.4 Å². The van der Waals surface area contributed by atoms with E-state index in [1.165, 1.54) is 39.6 Å². The normalized spacial score (nSPS) is 11.7. The van der Waals surface area contributed by atoms with Crippen LogP contribution >= 0.6 is 0 Å². The van der Waals surface area contributed by atoms with Crippen LogP contribution in [-0.4, -0.2) is 31.4 Å². The zero-order valence-electron chi connectivity index (χ0n) is 18.8. The molecule has 1 N–H and O–H groups in total. The molecule has 182 valence electrons. The highest BCUT2D eigenvalue weighted by atomic mass is 19.4. The fourth-order valence-corrected chi connectivity index (χ4v) is 3.88. The molecule has 0 bridgehead atoms. The van der Waals surface area contributed by atoms with Gasteiger partial charge < -0.3 is 9.88 Å². The van der Waals surface area contributed by atoms with E-state index in [0.29, 0.717) is 28.4 Å². The van der Waals surface area contributed by atoms with Crippen molar-refractivity contribution in [3.8, 4) is 16.9 Å². The Morgan fingerprint density at radius 2 is 1.81 bits per heavy atom. The molecule has 0 amide bonds. The number of fused-ring (bicyclic) bond motifs is 1. The summed E-state index contributed by atoms with van der Waals surface area (Å²) in [6.45, 7) is 0.200. The van der Waals surface area contributed by atoms with Crippen LogP contribution in [0.3, 0.4) is 0 Å². The van der Waals surface area contributed by atoms with E-state index in [-0.39, 0.29) is 23.2 Å². The second-order valence-electron chi connectivity index (χ2n) is 7.94. The van der Waals surface area contributed by atoms with Gasteiger partial charge in [-0.25, -0.2) is 19.0 Å². The molecule has 5 rings (SSSR count). The van der Waals surface area contributed by atoms with Crippen LogP contribution in [-0.2, 0) is 12.7 Å². The number of hydrogen-bond donors (Lipinski definition) is 1. The molecule has 0 atom stereocenters. The summed E-state index contributed by atoms with van der Waals surface area (Å²) in [4.78, 5) is 21.2. The first-order valence-corrected chi connectivity index (χ1v) is 10.8. The van der Waals surface area contributed by atoms with Gasteiger partial charge in [0.05, 0.1) is 34.4 Å². The summed E-state index contributed by atoms with van der Waals surface area (Å²) in [7, 11) is 1.69. The molecule has 0 spiro atoms. The molecule has 3 heterocycles. The van der Waals surface area contributed by atoms with E-state index in [9.17, 15) is 22.4 Å². The van der Waals surface area contributed by atoms with Crippen LogP contribution < -0.4 is 10.9 Å². The largest absolute Gasteiger partial charge is 0.416 e. The smallest absolute Gasteiger partial charge is 0.357 e. The number of nitrogens with zero attached hydrogens (tertiary/aromatic N) is 5. The van der Waals surface area contributed by atoms with Crippen LogP contribution in [0, 0.1) is 5.82 Å². The van der Waals surface area contributed by atoms with E-state index in [1.807, 2.05) is 0 Å². The van der Waals surface area contributed by atoms with E-state index >= 15 is 0 Å². The predicted molar refractivity (Wildman–Crippen MR) is 126 cm³/mol. The first-order valence-electron chi connectivity index (χ1n) is 10.8. The maximum absolute atomic E-state index is 14.9. The number of hydrogen-bond acceptors (Lipinski definition) is 5. The average molecular weight is 494 g/mol. The first kappa shape index (κ1) is 23.2. The third kappa shape index (κ3) is 4.30. The fraction of sp³-hybridized carbons (Fsp3) is 0.120. The topological polar surface area (TPSA) is 77.6 Å². The molecule has 0 aliphatic heterocycles. The lowest BCUT2D eigenvalue weighted by Gasteiger charge is -2.08. The highest BCUT2D eigenvalue weighted by molar-refractivity contribution is 5.94. The van der Waals surface area contributed by atoms with Crippen molar-refractivity contribution >= 4 is 16.9 Å². The van der Waals surface area contributed by atoms with Gasteiger partial charge in [0.25, 0.3) is 5.56 Å². The number of halogens is 4. The number of benzene rings is 2. The van der Waals surface area contributed by atoms with Gasteiger partial charge in [-0.3, -0.25) is 4.79 Å². The number of pyridine rings is 1. The molecule has 0 saturated heterocycles. The molecule has 36 heavy (non-hydrogen) atoms. The predicted octanol–water partition coefficient (Wildman–Crippen LogP) is 4.89. The maximum Gasteiger partial charge on any atom is 0.416 e. The highest BCUT2D eigenvalue weighted by Gasteiger charge is 2.30. The van der Waals surface area contributed by atoms with E-state index in [2.05, 4.69) is 20.4 Å². The lowest BCUT2D eigenvalue weighted by Crippen LogP contribution is -2.20. The van der Waals surface area contributed by atoms with Crippen molar-refractivity contribution in [3.05, 3.63) is 100 Å². The number of rotatable bonds is 5. The van der Waals surface area contributed by atoms with E-state index in [4.69, 9.17) is 0 Å². The molecule has 0 unspecified atom stereocenters. The summed E-state index contributed by atoms with van der Waals surface area (Å²) in [6, 6.07) is 13.4. The Bertz CT molecular complexity index is 1620. The highest BCUT2D eigenvalue weighted by Crippen LogP contribution is 2.33. The number of nitrogens with one attached hydrogen (secondary N) is 1. The molecule has 7 nitrogen and oxygen atoms in total. The Morgan fingerprint density at radius 3 is 2.50 bits per heavy atom. The molecule has 2 aromatic carbocycles. The maximum atomic E-state index is 14.9. The monoisotopic (exact) mass is 494 g/mol. The molecule has 3 aromatic heterocycles. The molecule has 5 aromatic rings. The summed E-state index contributed by atoms with van der Waals surface area (Å²) < 4.78 is 56.7. The third-order valence-corrected chi connectivity index (χ3v) is 5.63. The molecule has 0 aliphatic carbocycles. The lowest BCUT2D eigenvalue weighted by molar-refractivity contribution is -0.137. The summed E-state index contributed by atoms with van der Waals surface area (Å²) in [5.74, 6) is -0.140. The van der Waals surface area contributed by atoms with Crippen molar-refractivity contribution in [1.29, 1.82) is 0 Å². The van der Waals surface area contributed by atoms with Crippen molar-refractivity contribution in [2.45, 2.75) is 12.7 Å². The second kappa shape index (κ2) is 8.91.